The van der Waals surface area contributed by atoms with Gasteiger partial charge in [-0.25, -0.2) is 0 Å². The molecule has 0 aliphatic carbocycles. The van der Waals surface area contributed by atoms with E-state index < -0.39 is 0 Å². The van der Waals surface area contributed by atoms with E-state index in [1.807, 2.05) is 0 Å². The van der Waals surface area contributed by atoms with Crippen molar-refractivity contribution in [3.05, 3.63) is 11.4 Å². The molecule has 0 spiro atoms. The summed E-state index contributed by atoms with van der Waals surface area (Å²) in [6.45, 7) is 4.40. The predicted molar refractivity (Wildman–Crippen MR) is 59.1 cm³/mol. The Kier molecular flexibility index (Phi) is 7.56. The molecule has 13 heavy (non-hydrogen) atoms. The number of allylic oxidation sites excluding steroid dienone is 1. The first-order valence-corrected chi connectivity index (χ1v) is 5.45. The van der Waals surface area contributed by atoms with Gasteiger partial charge in [0, 0.05) is 0 Å². The Balaban J connectivity index is 3.76. The van der Waals surface area contributed by atoms with Crippen molar-refractivity contribution in [1.82, 2.24) is 0 Å². The fourth-order valence-electron chi connectivity index (χ4n) is 1.39. The fourth-order valence-corrected chi connectivity index (χ4v) is 1.39. The van der Waals surface area contributed by atoms with Crippen molar-refractivity contribution in [3.8, 4) is 0 Å². The van der Waals surface area contributed by atoms with E-state index >= 15 is 0 Å². The molecule has 0 aromatic heterocycles. The molecule has 0 aromatic rings. The minimum Gasteiger partial charge on any atom is -0.386 e. The van der Waals surface area contributed by atoms with Crippen LogP contribution in [0.15, 0.2) is 11.4 Å². The van der Waals surface area contributed by atoms with Crippen LogP contribution in [0.2, 0.25) is 0 Å². The molecule has 4 N–H and O–H groups in total. The Morgan fingerprint density at radius 3 is 1.85 bits per heavy atom. The maximum Gasteiger partial charge on any atom is 0.0925 e. The molecular weight excluding hydrogens is 160 g/mol. The van der Waals surface area contributed by atoms with E-state index in [-0.39, 0.29) is 0 Å². The summed E-state index contributed by atoms with van der Waals surface area (Å²) in [6, 6.07) is 0. The van der Waals surface area contributed by atoms with E-state index in [1.165, 1.54) is 37.7 Å². The molecule has 0 saturated heterocycles. The largest absolute Gasteiger partial charge is 0.386 e. The first-order valence-electron chi connectivity index (χ1n) is 5.45. The summed E-state index contributed by atoms with van der Waals surface area (Å²) < 4.78 is 0. The molecule has 0 radical (unpaired) electrons. The summed E-state index contributed by atoms with van der Waals surface area (Å²) in [6.07, 6.45) is 8.37. The number of rotatable bonds is 7. The molecule has 0 rings (SSSR count). The van der Waals surface area contributed by atoms with Gasteiger partial charge in [0.2, 0.25) is 0 Å². The normalized spacial score (nSPS) is 10.0. The highest BCUT2D eigenvalue weighted by Gasteiger charge is 2.00. The lowest BCUT2D eigenvalue weighted by Crippen LogP contribution is -2.12. The van der Waals surface area contributed by atoms with Crippen LogP contribution in [0.3, 0.4) is 0 Å². The quantitative estimate of drug-likeness (QED) is 0.598. The van der Waals surface area contributed by atoms with Gasteiger partial charge in [0.05, 0.1) is 5.82 Å². The van der Waals surface area contributed by atoms with E-state index in [9.17, 15) is 0 Å². The van der Waals surface area contributed by atoms with Crippen molar-refractivity contribution >= 4 is 0 Å². The highest BCUT2D eigenvalue weighted by Crippen LogP contribution is 2.15. The van der Waals surface area contributed by atoms with Gasteiger partial charge in [-0.1, -0.05) is 33.1 Å². The Labute approximate surface area is 82.4 Å². The van der Waals surface area contributed by atoms with Gasteiger partial charge in [-0.05, 0) is 31.3 Å². The molecule has 0 atom stereocenters. The summed E-state index contributed by atoms with van der Waals surface area (Å²) in [4.78, 5) is 0. The van der Waals surface area contributed by atoms with Crippen LogP contribution >= 0.6 is 0 Å². The maximum atomic E-state index is 5.62. The first-order chi connectivity index (χ1) is 6.22. The van der Waals surface area contributed by atoms with Crippen molar-refractivity contribution in [2.75, 3.05) is 0 Å². The highest BCUT2D eigenvalue weighted by atomic mass is 14.8. The second-order valence-electron chi connectivity index (χ2n) is 3.62. The van der Waals surface area contributed by atoms with E-state index in [0.29, 0.717) is 5.82 Å². The van der Waals surface area contributed by atoms with Crippen molar-refractivity contribution in [1.29, 1.82) is 0 Å². The lowest BCUT2D eigenvalue weighted by molar-refractivity contribution is 0.669. The lowest BCUT2D eigenvalue weighted by Gasteiger charge is -2.08. The molecule has 0 bridgehead atoms. The maximum absolute atomic E-state index is 5.62. The Bertz CT molecular complexity index is 146. The Morgan fingerprint density at radius 1 is 0.846 bits per heavy atom. The van der Waals surface area contributed by atoms with Gasteiger partial charge in [-0.3, -0.25) is 0 Å². The molecule has 0 saturated carbocycles. The summed E-state index contributed by atoms with van der Waals surface area (Å²) in [7, 11) is 0. The molecule has 0 unspecified atom stereocenters. The zero-order valence-corrected chi connectivity index (χ0v) is 9.10. The second kappa shape index (κ2) is 7.96. The van der Waals surface area contributed by atoms with Gasteiger partial charge in [-0.15, -0.1) is 0 Å². The van der Waals surface area contributed by atoms with Gasteiger partial charge < -0.3 is 11.5 Å². The number of hydrogen-bond acceptors (Lipinski definition) is 2. The van der Waals surface area contributed by atoms with Crippen LogP contribution in [-0.4, -0.2) is 0 Å². The monoisotopic (exact) mass is 184 g/mol. The third kappa shape index (κ3) is 6.50. The van der Waals surface area contributed by atoms with Crippen LogP contribution in [0.5, 0.6) is 0 Å². The molecule has 2 heteroatoms. The topological polar surface area (TPSA) is 52.0 Å². The summed E-state index contributed by atoms with van der Waals surface area (Å²) >= 11 is 0. The van der Waals surface area contributed by atoms with Crippen molar-refractivity contribution in [3.63, 3.8) is 0 Å². The van der Waals surface area contributed by atoms with Gasteiger partial charge in [0.25, 0.3) is 0 Å². The molecular formula is C11H24N2. The van der Waals surface area contributed by atoms with Crippen molar-refractivity contribution in [2.24, 2.45) is 11.5 Å². The van der Waals surface area contributed by atoms with Crippen LogP contribution in [0.25, 0.3) is 0 Å². The zero-order chi connectivity index (χ0) is 10.1. The third-order valence-electron chi connectivity index (χ3n) is 2.32. The zero-order valence-electron chi connectivity index (χ0n) is 9.10. The average molecular weight is 184 g/mol. The van der Waals surface area contributed by atoms with Crippen LogP contribution < -0.4 is 11.5 Å². The second-order valence-corrected chi connectivity index (χ2v) is 3.62. The number of unbranched alkanes of at least 4 members (excludes halogenated alkanes) is 3. The van der Waals surface area contributed by atoms with Crippen molar-refractivity contribution < 1.29 is 0 Å². The molecule has 2 nitrogen and oxygen atoms in total. The Hall–Kier alpha value is -0.660. The summed E-state index contributed by atoms with van der Waals surface area (Å²) in [5.74, 6) is 0.560. The molecule has 0 fully saturated rings. The van der Waals surface area contributed by atoms with Crippen LogP contribution in [-0.2, 0) is 0 Å². The predicted octanol–water partition coefficient (Wildman–Crippen LogP) is 2.89. The lowest BCUT2D eigenvalue weighted by atomic mass is 10.0. The molecule has 0 aliphatic rings. The molecule has 78 valence electrons. The SMILES string of the molecule is CCCCCC(CCCC)=C(N)N. The van der Waals surface area contributed by atoms with E-state index in [1.54, 1.807) is 0 Å². The first kappa shape index (κ1) is 12.3. The standard InChI is InChI=1S/C11H24N2/c1-3-5-7-9-10(11(12)13)8-6-4-2/h3-9,12-13H2,1-2H3. The van der Waals surface area contributed by atoms with Gasteiger partial charge in [-0.2, -0.15) is 0 Å². The van der Waals surface area contributed by atoms with E-state index in [4.69, 9.17) is 11.5 Å². The van der Waals surface area contributed by atoms with Crippen LogP contribution in [0.1, 0.15) is 58.8 Å². The van der Waals surface area contributed by atoms with Crippen LogP contribution in [0.4, 0.5) is 0 Å². The van der Waals surface area contributed by atoms with Gasteiger partial charge in [0.1, 0.15) is 0 Å². The van der Waals surface area contributed by atoms with Gasteiger partial charge >= 0.3 is 0 Å². The minimum absolute atomic E-state index is 0.560. The highest BCUT2D eigenvalue weighted by molar-refractivity contribution is 5.07. The molecule has 0 heterocycles. The third-order valence-corrected chi connectivity index (χ3v) is 2.32. The van der Waals surface area contributed by atoms with Crippen LogP contribution in [0, 0.1) is 0 Å². The number of hydrogen-bond donors (Lipinski definition) is 2. The molecule has 0 aromatic carbocycles. The number of nitrogens with two attached hydrogens (primary N) is 2. The van der Waals surface area contributed by atoms with Gasteiger partial charge in [0.15, 0.2) is 0 Å². The van der Waals surface area contributed by atoms with Crippen molar-refractivity contribution in [2.45, 2.75) is 58.8 Å². The minimum atomic E-state index is 0.560. The summed E-state index contributed by atoms with van der Waals surface area (Å²) in [5, 5.41) is 0. The average Bonchev–Trinajstić information content (AvgIpc) is 2.10. The summed E-state index contributed by atoms with van der Waals surface area (Å²) in [5.41, 5.74) is 12.5. The van der Waals surface area contributed by atoms with E-state index in [2.05, 4.69) is 13.8 Å². The van der Waals surface area contributed by atoms with E-state index in [0.717, 1.165) is 12.8 Å². The Morgan fingerprint density at radius 2 is 1.38 bits per heavy atom. The molecule has 0 aliphatic heterocycles. The smallest absolute Gasteiger partial charge is 0.0925 e. The molecule has 0 amide bonds. The fraction of sp³-hybridized carbons (Fsp3) is 0.818.